The first kappa shape index (κ1) is 13.2. The van der Waals surface area contributed by atoms with Crippen LogP contribution >= 0.6 is 0 Å². The first-order valence-corrected chi connectivity index (χ1v) is 7.03. The summed E-state index contributed by atoms with van der Waals surface area (Å²) in [6, 6.07) is 5.17. The molecular formula is C12H14FNO3S. The number of carbonyl (C=O) groups is 1. The van der Waals surface area contributed by atoms with Crippen LogP contribution in [0.4, 0.5) is 4.39 Å². The number of hydrogen-bond acceptors (Lipinski definition) is 4. The van der Waals surface area contributed by atoms with E-state index in [2.05, 4.69) is 10.1 Å². The van der Waals surface area contributed by atoms with Gasteiger partial charge in [0.25, 0.3) is 0 Å². The highest BCUT2D eigenvalue weighted by atomic mass is 32.2. The average Bonchev–Trinajstić information content (AvgIpc) is 2.38. The highest BCUT2D eigenvalue weighted by Gasteiger charge is 2.31. The number of methoxy groups -OCH3 is 1. The van der Waals surface area contributed by atoms with Crippen LogP contribution in [0.3, 0.4) is 0 Å². The maximum Gasteiger partial charge on any atom is 0.323 e. The zero-order valence-electron chi connectivity index (χ0n) is 9.89. The van der Waals surface area contributed by atoms with Crippen molar-refractivity contribution >= 4 is 16.8 Å². The zero-order valence-corrected chi connectivity index (χ0v) is 10.7. The first-order valence-electron chi connectivity index (χ1n) is 5.54. The monoisotopic (exact) mass is 271 g/mol. The molecule has 4 nitrogen and oxygen atoms in total. The van der Waals surface area contributed by atoms with Crippen molar-refractivity contribution in [2.24, 2.45) is 0 Å². The molecule has 3 unspecified atom stereocenters. The molecule has 0 spiro atoms. The standard InChI is InChI=1S/C12H14FNO3S/c1-17-12(15)11-7-18(16)6-10(14-11)8-2-4-9(13)5-3-8/h2-5,10-11,14H,6-7H2,1H3. The molecule has 18 heavy (non-hydrogen) atoms. The van der Waals surface area contributed by atoms with Crippen molar-refractivity contribution in [3.05, 3.63) is 35.6 Å². The van der Waals surface area contributed by atoms with Crippen LogP contribution in [-0.2, 0) is 20.3 Å². The molecule has 1 aromatic carbocycles. The molecular weight excluding hydrogens is 257 g/mol. The van der Waals surface area contributed by atoms with Gasteiger partial charge in [0.15, 0.2) is 0 Å². The van der Waals surface area contributed by atoms with Crippen molar-refractivity contribution < 1.29 is 18.1 Å². The second kappa shape index (κ2) is 5.58. The van der Waals surface area contributed by atoms with Gasteiger partial charge in [0.1, 0.15) is 11.9 Å². The predicted octanol–water partition coefficient (Wildman–Crippen LogP) is 0.760. The van der Waals surface area contributed by atoms with E-state index in [1.165, 1.54) is 19.2 Å². The second-order valence-corrected chi connectivity index (χ2v) is 5.67. The molecule has 3 atom stereocenters. The Morgan fingerprint density at radius 3 is 2.67 bits per heavy atom. The number of halogens is 1. The fourth-order valence-electron chi connectivity index (χ4n) is 1.94. The van der Waals surface area contributed by atoms with E-state index in [0.717, 1.165) is 5.56 Å². The molecule has 1 aliphatic heterocycles. The Morgan fingerprint density at radius 2 is 2.06 bits per heavy atom. The molecule has 1 aromatic rings. The Kier molecular flexibility index (Phi) is 4.08. The summed E-state index contributed by atoms with van der Waals surface area (Å²) in [5.74, 6) is -0.0703. The van der Waals surface area contributed by atoms with Gasteiger partial charge in [-0.1, -0.05) is 12.1 Å². The van der Waals surface area contributed by atoms with E-state index in [-0.39, 0.29) is 17.6 Å². The van der Waals surface area contributed by atoms with Gasteiger partial charge in [-0.2, -0.15) is 0 Å². The molecule has 0 radical (unpaired) electrons. The molecule has 0 aliphatic carbocycles. The molecule has 1 N–H and O–H groups in total. The zero-order chi connectivity index (χ0) is 13.1. The van der Waals surface area contributed by atoms with Crippen LogP contribution in [0, 0.1) is 5.82 Å². The lowest BCUT2D eigenvalue weighted by Gasteiger charge is -2.29. The Hall–Kier alpha value is -1.27. The van der Waals surface area contributed by atoms with Crippen LogP contribution in [0.5, 0.6) is 0 Å². The minimum Gasteiger partial charge on any atom is -0.468 e. The minimum atomic E-state index is -1.09. The Bertz CT molecular complexity index is 463. The van der Waals surface area contributed by atoms with Gasteiger partial charge in [0, 0.05) is 28.3 Å². The summed E-state index contributed by atoms with van der Waals surface area (Å²) < 4.78 is 29.2. The van der Waals surface area contributed by atoms with E-state index in [0.29, 0.717) is 5.75 Å². The van der Waals surface area contributed by atoms with Gasteiger partial charge in [-0.3, -0.25) is 14.3 Å². The van der Waals surface area contributed by atoms with Crippen LogP contribution in [0.25, 0.3) is 0 Å². The predicted molar refractivity (Wildman–Crippen MR) is 66.0 cm³/mol. The fraction of sp³-hybridized carbons (Fsp3) is 0.417. The lowest BCUT2D eigenvalue weighted by Crippen LogP contribution is -2.49. The number of rotatable bonds is 2. The molecule has 98 valence electrons. The van der Waals surface area contributed by atoms with Crippen molar-refractivity contribution in [1.29, 1.82) is 0 Å². The molecule has 0 amide bonds. The molecule has 0 aromatic heterocycles. The minimum absolute atomic E-state index is 0.218. The van der Waals surface area contributed by atoms with Crippen LogP contribution in [0.2, 0.25) is 0 Å². The molecule has 1 heterocycles. The summed E-state index contributed by atoms with van der Waals surface area (Å²) >= 11 is 0. The van der Waals surface area contributed by atoms with Crippen LogP contribution in [-0.4, -0.2) is 34.8 Å². The normalized spacial score (nSPS) is 27.8. The highest BCUT2D eigenvalue weighted by Crippen LogP contribution is 2.20. The Labute approximate surface area is 107 Å². The van der Waals surface area contributed by atoms with Gasteiger partial charge in [0.2, 0.25) is 0 Å². The average molecular weight is 271 g/mol. The summed E-state index contributed by atoms with van der Waals surface area (Å²) in [6.45, 7) is 0. The van der Waals surface area contributed by atoms with Gasteiger partial charge in [-0.15, -0.1) is 0 Å². The molecule has 1 fully saturated rings. The Morgan fingerprint density at radius 1 is 1.39 bits per heavy atom. The Balaban J connectivity index is 2.15. The van der Waals surface area contributed by atoms with E-state index in [9.17, 15) is 13.4 Å². The SMILES string of the molecule is COC(=O)C1CS(=O)CC(c2ccc(F)cc2)N1. The fourth-order valence-corrected chi connectivity index (χ4v) is 3.35. The van der Waals surface area contributed by atoms with Crippen molar-refractivity contribution in [2.75, 3.05) is 18.6 Å². The molecule has 2 rings (SSSR count). The van der Waals surface area contributed by atoms with Gasteiger partial charge in [-0.05, 0) is 17.7 Å². The number of carbonyl (C=O) groups excluding carboxylic acids is 1. The topological polar surface area (TPSA) is 55.4 Å². The number of nitrogens with one attached hydrogen (secondary N) is 1. The number of esters is 1. The molecule has 1 aliphatic rings. The van der Waals surface area contributed by atoms with Crippen molar-refractivity contribution in [1.82, 2.24) is 5.32 Å². The molecule has 0 bridgehead atoms. The number of ether oxygens (including phenoxy) is 1. The van der Waals surface area contributed by atoms with E-state index in [1.54, 1.807) is 12.1 Å². The summed E-state index contributed by atoms with van der Waals surface area (Å²) in [7, 11) is 0.215. The highest BCUT2D eigenvalue weighted by molar-refractivity contribution is 7.85. The summed E-state index contributed by atoms with van der Waals surface area (Å²) in [6.07, 6.45) is 0. The number of benzene rings is 1. The van der Waals surface area contributed by atoms with E-state index in [1.807, 2.05) is 0 Å². The third-order valence-corrected chi connectivity index (χ3v) is 4.28. The summed E-state index contributed by atoms with van der Waals surface area (Å²) in [5, 5.41) is 3.08. The van der Waals surface area contributed by atoms with Crippen molar-refractivity contribution in [2.45, 2.75) is 12.1 Å². The molecule has 6 heteroatoms. The van der Waals surface area contributed by atoms with Crippen LogP contribution in [0.1, 0.15) is 11.6 Å². The van der Waals surface area contributed by atoms with Gasteiger partial charge in [-0.25, -0.2) is 4.39 Å². The maximum absolute atomic E-state index is 12.8. The lowest BCUT2D eigenvalue weighted by atomic mass is 10.1. The maximum atomic E-state index is 12.8. The van der Waals surface area contributed by atoms with Gasteiger partial charge >= 0.3 is 5.97 Å². The smallest absolute Gasteiger partial charge is 0.323 e. The quantitative estimate of drug-likeness (QED) is 0.807. The third kappa shape index (κ3) is 2.94. The first-order chi connectivity index (χ1) is 8.60. The lowest BCUT2D eigenvalue weighted by molar-refractivity contribution is -0.142. The van der Waals surface area contributed by atoms with E-state index in [4.69, 9.17) is 0 Å². The largest absolute Gasteiger partial charge is 0.468 e. The third-order valence-electron chi connectivity index (χ3n) is 2.87. The molecule has 1 saturated heterocycles. The summed E-state index contributed by atoms with van der Waals surface area (Å²) in [4.78, 5) is 11.5. The van der Waals surface area contributed by atoms with Crippen LogP contribution in [0.15, 0.2) is 24.3 Å². The second-order valence-electron chi connectivity index (χ2n) is 4.12. The van der Waals surface area contributed by atoms with Gasteiger partial charge in [0.05, 0.1) is 7.11 Å². The van der Waals surface area contributed by atoms with Gasteiger partial charge < -0.3 is 4.74 Å². The number of hydrogen-bond donors (Lipinski definition) is 1. The molecule has 0 saturated carbocycles. The van der Waals surface area contributed by atoms with Crippen molar-refractivity contribution in [3.8, 4) is 0 Å². The van der Waals surface area contributed by atoms with E-state index >= 15 is 0 Å². The van der Waals surface area contributed by atoms with E-state index < -0.39 is 22.8 Å². The van der Waals surface area contributed by atoms with Crippen LogP contribution < -0.4 is 5.32 Å². The summed E-state index contributed by atoms with van der Waals surface area (Å²) in [5.41, 5.74) is 0.818. The van der Waals surface area contributed by atoms with Crippen molar-refractivity contribution in [3.63, 3.8) is 0 Å².